The van der Waals surface area contributed by atoms with Gasteiger partial charge >= 0.3 is 0 Å². The number of piperidine rings is 1. The zero-order chi connectivity index (χ0) is 12.5. The second kappa shape index (κ2) is 8.06. The molecule has 0 aromatic carbocycles. The molecule has 1 heterocycles. The highest BCUT2D eigenvalue weighted by molar-refractivity contribution is 5.82. The van der Waals surface area contributed by atoms with Gasteiger partial charge in [-0.15, -0.1) is 0 Å². The molecule has 1 rings (SSSR count). The first kappa shape index (κ1) is 14.0. The molecule has 5 nitrogen and oxygen atoms in total. The number of unbranched alkanes of at least 4 members (excludes halogenated alkanes) is 1. The van der Waals surface area contributed by atoms with Crippen molar-refractivity contribution in [3.8, 4) is 0 Å². The van der Waals surface area contributed by atoms with E-state index in [0.717, 1.165) is 38.8 Å². The van der Waals surface area contributed by atoms with Crippen LogP contribution in [0.2, 0.25) is 0 Å². The Kier molecular flexibility index (Phi) is 6.62. The molecule has 1 fully saturated rings. The third-order valence-electron chi connectivity index (χ3n) is 2.91. The number of nitrogens with one attached hydrogen (secondary N) is 2. The lowest BCUT2D eigenvalue weighted by atomic mass is 10.1. The SMILES string of the molecule is CCCCC(=O)NNC(=O)CN1CCCCC1. The molecule has 0 bridgehead atoms. The van der Waals surface area contributed by atoms with Gasteiger partial charge in [0.1, 0.15) is 0 Å². The second-order valence-electron chi connectivity index (χ2n) is 4.54. The molecular formula is C12H23N3O2. The Bertz CT molecular complexity index is 250. The fraction of sp³-hybridized carbons (Fsp3) is 0.833. The Morgan fingerprint density at radius 3 is 2.35 bits per heavy atom. The van der Waals surface area contributed by atoms with Crippen molar-refractivity contribution in [1.82, 2.24) is 15.8 Å². The van der Waals surface area contributed by atoms with Gasteiger partial charge in [-0.3, -0.25) is 25.3 Å². The summed E-state index contributed by atoms with van der Waals surface area (Å²) in [4.78, 5) is 24.9. The molecule has 5 heteroatoms. The average Bonchev–Trinajstić information content (AvgIpc) is 2.35. The minimum atomic E-state index is -0.128. The quantitative estimate of drug-likeness (QED) is 0.700. The van der Waals surface area contributed by atoms with E-state index in [4.69, 9.17) is 0 Å². The Morgan fingerprint density at radius 2 is 1.71 bits per heavy atom. The van der Waals surface area contributed by atoms with E-state index < -0.39 is 0 Å². The summed E-state index contributed by atoms with van der Waals surface area (Å²) in [5, 5.41) is 0. The van der Waals surface area contributed by atoms with Crippen LogP contribution in [0.25, 0.3) is 0 Å². The summed E-state index contributed by atoms with van der Waals surface area (Å²) in [6, 6.07) is 0. The summed E-state index contributed by atoms with van der Waals surface area (Å²) in [5.74, 6) is -0.240. The molecule has 0 aromatic heterocycles. The molecule has 0 saturated carbocycles. The van der Waals surface area contributed by atoms with E-state index in [1.807, 2.05) is 6.92 Å². The minimum Gasteiger partial charge on any atom is -0.294 e. The molecule has 1 saturated heterocycles. The van der Waals surface area contributed by atoms with Crippen molar-refractivity contribution in [1.29, 1.82) is 0 Å². The van der Waals surface area contributed by atoms with Gasteiger partial charge in [-0.1, -0.05) is 19.8 Å². The number of hydrogen-bond acceptors (Lipinski definition) is 3. The summed E-state index contributed by atoms with van der Waals surface area (Å²) in [7, 11) is 0. The molecule has 0 aromatic rings. The molecule has 0 aliphatic carbocycles. The first-order valence-electron chi connectivity index (χ1n) is 6.52. The molecule has 2 N–H and O–H groups in total. The molecule has 17 heavy (non-hydrogen) atoms. The highest BCUT2D eigenvalue weighted by Crippen LogP contribution is 2.07. The highest BCUT2D eigenvalue weighted by atomic mass is 16.2. The molecule has 1 aliphatic heterocycles. The van der Waals surface area contributed by atoms with E-state index in [1.165, 1.54) is 6.42 Å². The van der Waals surface area contributed by atoms with Crippen molar-refractivity contribution in [2.24, 2.45) is 0 Å². The van der Waals surface area contributed by atoms with Gasteiger partial charge in [-0.25, -0.2) is 0 Å². The fourth-order valence-electron chi connectivity index (χ4n) is 1.90. The number of likely N-dealkylation sites (tertiary alicyclic amines) is 1. The molecule has 0 radical (unpaired) electrons. The van der Waals surface area contributed by atoms with Crippen molar-refractivity contribution in [2.75, 3.05) is 19.6 Å². The van der Waals surface area contributed by atoms with Crippen LogP contribution >= 0.6 is 0 Å². The van der Waals surface area contributed by atoms with Crippen molar-refractivity contribution >= 4 is 11.8 Å². The van der Waals surface area contributed by atoms with Crippen LogP contribution in [-0.2, 0) is 9.59 Å². The van der Waals surface area contributed by atoms with Gasteiger partial charge in [0.05, 0.1) is 6.54 Å². The summed E-state index contributed by atoms with van der Waals surface area (Å²) < 4.78 is 0. The number of nitrogens with zero attached hydrogens (tertiary/aromatic N) is 1. The molecular weight excluding hydrogens is 218 g/mol. The van der Waals surface area contributed by atoms with Crippen LogP contribution in [0.3, 0.4) is 0 Å². The maximum Gasteiger partial charge on any atom is 0.252 e. The van der Waals surface area contributed by atoms with E-state index in [1.54, 1.807) is 0 Å². The van der Waals surface area contributed by atoms with Gasteiger partial charge in [0.2, 0.25) is 5.91 Å². The number of rotatable bonds is 5. The van der Waals surface area contributed by atoms with Gasteiger partial charge in [0.15, 0.2) is 0 Å². The van der Waals surface area contributed by atoms with Crippen LogP contribution in [0.5, 0.6) is 0 Å². The first-order chi connectivity index (χ1) is 8.22. The predicted molar refractivity (Wildman–Crippen MR) is 66.1 cm³/mol. The minimum absolute atomic E-state index is 0.112. The maximum atomic E-state index is 11.5. The van der Waals surface area contributed by atoms with Gasteiger partial charge < -0.3 is 0 Å². The molecule has 1 aliphatic rings. The average molecular weight is 241 g/mol. The van der Waals surface area contributed by atoms with Crippen molar-refractivity contribution in [3.63, 3.8) is 0 Å². The second-order valence-corrected chi connectivity index (χ2v) is 4.54. The molecule has 98 valence electrons. The Labute approximate surface area is 103 Å². The van der Waals surface area contributed by atoms with Crippen LogP contribution in [0.15, 0.2) is 0 Å². The lowest BCUT2D eigenvalue weighted by Crippen LogP contribution is -2.47. The van der Waals surface area contributed by atoms with Crippen LogP contribution in [-0.4, -0.2) is 36.3 Å². The fourth-order valence-corrected chi connectivity index (χ4v) is 1.90. The van der Waals surface area contributed by atoms with Gasteiger partial charge in [-0.05, 0) is 32.4 Å². The zero-order valence-electron chi connectivity index (χ0n) is 10.6. The van der Waals surface area contributed by atoms with E-state index in [2.05, 4.69) is 15.8 Å². The first-order valence-corrected chi connectivity index (χ1v) is 6.52. The normalized spacial score (nSPS) is 16.5. The summed E-state index contributed by atoms with van der Waals surface area (Å²) in [6.07, 6.45) is 5.89. The molecule has 0 atom stereocenters. The number of carbonyl (C=O) groups is 2. The van der Waals surface area contributed by atoms with E-state index >= 15 is 0 Å². The largest absolute Gasteiger partial charge is 0.294 e. The highest BCUT2D eigenvalue weighted by Gasteiger charge is 2.13. The van der Waals surface area contributed by atoms with Crippen molar-refractivity contribution in [3.05, 3.63) is 0 Å². The third-order valence-corrected chi connectivity index (χ3v) is 2.91. The summed E-state index contributed by atoms with van der Waals surface area (Å²) in [6.45, 7) is 4.38. The smallest absolute Gasteiger partial charge is 0.252 e. The molecule has 0 spiro atoms. The van der Waals surface area contributed by atoms with Crippen LogP contribution in [0, 0.1) is 0 Å². The summed E-state index contributed by atoms with van der Waals surface area (Å²) >= 11 is 0. The maximum absolute atomic E-state index is 11.5. The van der Waals surface area contributed by atoms with Crippen molar-refractivity contribution in [2.45, 2.75) is 45.4 Å². The number of amides is 2. The van der Waals surface area contributed by atoms with E-state index in [0.29, 0.717) is 13.0 Å². The van der Waals surface area contributed by atoms with Crippen LogP contribution < -0.4 is 10.9 Å². The third kappa shape index (κ3) is 6.26. The standard InChI is InChI=1S/C12H23N3O2/c1-2-3-7-11(16)13-14-12(17)10-15-8-5-4-6-9-15/h2-10H2,1H3,(H,13,16)(H,14,17). The monoisotopic (exact) mass is 241 g/mol. The topological polar surface area (TPSA) is 61.4 Å². The molecule has 2 amide bonds. The number of hydrogen-bond donors (Lipinski definition) is 2. The van der Waals surface area contributed by atoms with E-state index in [-0.39, 0.29) is 11.8 Å². The van der Waals surface area contributed by atoms with Crippen LogP contribution in [0.4, 0.5) is 0 Å². The van der Waals surface area contributed by atoms with E-state index in [9.17, 15) is 9.59 Å². The predicted octanol–water partition coefficient (Wildman–Crippen LogP) is 0.810. The summed E-state index contributed by atoms with van der Waals surface area (Å²) in [5.41, 5.74) is 4.90. The van der Waals surface area contributed by atoms with Gasteiger partial charge in [0.25, 0.3) is 5.91 Å². The number of carbonyl (C=O) groups excluding carboxylic acids is 2. The van der Waals surface area contributed by atoms with Crippen molar-refractivity contribution < 1.29 is 9.59 Å². The Morgan fingerprint density at radius 1 is 1.06 bits per heavy atom. The Balaban J connectivity index is 2.09. The van der Waals surface area contributed by atoms with Crippen LogP contribution in [0.1, 0.15) is 45.4 Å². The lowest BCUT2D eigenvalue weighted by Gasteiger charge is -2.25. The zero-order valence-corrected chi connectivity index (χ0v) is 10.6. The van der Waals surface area contributed by atoms with Gasteiger partial charge in [0, 0.05) is 6.42 Å². The number of hydrazine groups is 1. The van der Waals surface area contributed by atoms with Gasteiger partial charge in [-0.2, -0.15) is 0 Å². The Hall–Kier alpha value is -1.10. The molecule has 0 unspecified atom stereocenters. The lowest BCUT2D eigenvalue weighted by molar-refractivity contribution is -0.129.